The maximum Gasteiger partial charge on any atom is 0.223 e. The van der Waals surface area contributed by atoms with E-state index in [9.17, 15) is 4.79 Å². The van der Waals surface area contributed by atoms with Gasteiger partial charge in [-0.05, 0) is 56.1 Å². The Kier molecular flexibility index (Phi) is 8.22. The van der Waals surface area contributed by atoms with E-state index in [0.29, 0.717) is 25.6 Å². The molecule has 0 radical (unpaired) electrons. The second kappa shape index (κ2) is 10.4. The molecule has 5 heteroatoms. The van der Waals surface area contributed by atoms with Crippen molar-refractivity contribution in [3.8, 4) is 5.75 Å². The minimum atomic E-state index is 0.0904. The number of nitrogens with two attached hydrogens (primary N) is 1. The Labute approximate surface area is 151 Å². The summed E-state index contributed by atoms with van der Waals surface area (Å²) in [6, 6.07) is 7.98. The van der Waals surface area contributed by atoms with Crippen molar-refractivity contribution in [2.24, 2.45) is 17.6 Å². The number of benzene rings is 1. The molecule has 1 aliphatic carbocycles. The molecule has 25 heavy (non-hydrogen) atoms. The number of hydrogen-bond acceptors (Lipinski definition) is 4. The SMILES string of the molecule is CCN(CC)CCOc1ccc(CNC(=O)[C@@H]2CCC[C@@H]2CN)cc1. The molecule has 3 N–H and O–H groups in total. The van der Waals surface area contributed by atoms with Crippen molar-refractivity contribution < 1.29 is 9.53 Å². The minimum Gasteiger partial charge on any atom is -0.492 e. The van der Waals surface area contributed by atoms with Gasteiger partial charge in [0, 0.05) is 19.0 Å². The van der Waals surface area contributed by atoms with Crippen LogP contribution in [-0.2, 0) is 11.3 Å². The first-order valence-electron chi connectivity index (χ1n) is 9.59. The van der Waals surface area contributed by atoms with Crippen LogP contribution in [0.25, 0.3) is 0 Å². The number of rotatable bonds is 10. The second-order valence-corrected chi connectivity index (χ2v) is 6.77. The molecule has 0 unspecified atom stereocenters. The van der Waals surface area contributed by atoms with E-state index in [1.165, 1.54) is 0 Å². The van der Waals surface area contributed by atoms with E-state index < -0.39 is 0 Å². The Bertz CT molecular complexity index is 514. The van der Waals surface area contributed by atoms with Crippen molar-refractivity contribution in [3.05, 3.63) is 29.8 Å². The Hall–Kier alpha value is -1.59. The number of hydrogen-bond donors (Lipinski definition) is 2. The summed E-state index contributed by atoms with van der Waals surface area (Å²) in [5, 5.41) is 3.06. The average molecular weight is 348 g/mol. The van der Waals surface area contributed by atoms with Gasteiger partial charge in [-0.25, -0.2) is 0 Å². The highest BCUT2D eigenvalue weighted by Gasteiger charge is 2.31. The lowest BCUT2D eigenvalue weighted by atomic mass is 9.95. The van der Waals surface area contributed by atoms with E-state index in [0.717, 1.165) is 50.2 Å². The molecule has 0 saturated heterocycles. The van der Waals surface area contributed by atoms with Gasteiger partial charge >= 0.3 is 0 Å². The molecular weight excluding hydrogens is 314 g/mol. The van der Waals surface area contributed by atoms with Gasteiger partial charge in [0.1, 0.15) is 12.4 Å². The average Bonchev–Trinajstić information content (AvgIpc) is 3.13. The maximum atomic E-state index is 12.3. The third-order valence-electron chi connectivity index (χ3n) is 5.26. The fraction of sp³-hybridized carbons (Fsp3) is 0.650. The quantitative estimate of drug-likeness (QED) is 0.682. The molecule has 1 aromatic rings. The summed E-state index contributed by atoms with van der Waals surface area (Å²) in [5.74, 6) is 1.46. The van der Waals surface area contributed by atoms with E-state index in [-0.39, 0.29) is 11.8 Å². The van der Waals surface area contributed by atoms with Crippen LogP contribution in [0.15, 0.2) is 24.3 Å². The monoisotopic (exact) mass is 347 g/mol. The first-order chi connectivity index (χ1) is 12.2. The predicted octanol–water partition coefficient (Wildman–Crippen LogP) is 2.40. The predicted molar refractivity (Wildman–Crippen MR) is 101 cm³/mol. The number of likely N-dealkylation sites (N-methyl/N-ethyl adjacent to an activating group) is 1. The van der Waals surface area contributed by atoms with E-state index in [4.69, 9.17) is 10.5 Å². The van der Waals surface area contributed by atoms with Gasteiger partial charge < -0.3 is 20.7 Å². The van der Waals surface area contributed by atoms with Crippen LogP contribution in [-0.4, -0.2) is 43.6 Å². The van der Waals surface area contributed by atoms with Gasteiger partial charge in [-0.3, -0.25) is 4.79 Å². The third kappa shape index (κ3) is 6.01. The zero-order valence-corrected chi connectivity index (χ0v) is 15.7. The van der Waals surface area contributed by atoms with Gasteiger partial charge in [0.05, 0.1) is 0 Å². The van der Waals surface area contributed by atoms with Gasteiger partial charge in [0.25, 0.3) is 0 Å². The lowest BCUT2D eigenvalue weighted by molar-refractivity contribution is -0.126. The fourth-order valence-corrected chi connectivity index (χ4v) is 3.52. The van der Waals surface area contributed by atoms with Crippen LogP contribution >= 0.6 is 0 Å². The molecule has 1 amide bonds. The molecule has 0 aromatic heterocycles. The highest BCUT2D eigenvalue weighted by molar-refractivity contribution is 5.79. The molecule has 140 valence electrons. The molecule has 0 spiro atoms. The smallest absolute Gasteiger partial charge is 0.223 e. The maximum absolute atomic E-state index is 12.3. The summed E-state index contributed by atoms with van der Waals surface area (Å²) in [7, 11) is 0. The Morgan fingerprint density at radius 2 is 1.96 bits per heavy atom. The van der Waals surface area contributed by atoms with Gasteiger partial charge in [-0.15, -0.1) is 0 Å². The Morgan fingerprint density at radius 1 is 1.24 bits per heavy atom. The lowest BCUT2D eigenvalue weighted by Gasteiger charge is -2.18. The van der Waals surface area contributed by atoms with Crippen molar-refractivity contribution in [2.45, 2.75) is 39.7 Å². The van der Waals surface area contributed by atoms with Crippen molar-refractivity contribution in [1.82, 2.24) is 10.2 Å². The first kappa shape index (κ1) is 19.7. The van der Waals surface area contributed by atoms with Crippen LogP contribution in [0, 0.1) is 11.8 Å². The summed E-state index contributed by atoms with van der Waals surface area (Å²) >= 11 is 0. The van der Waals surface area contributed by atoms with E-state index in [1.54, 1.807) is 0 Å². The van der Waals surface area contributed by atoms with E-state index >= 15 is 0 Å². The lowest BCUT2D eigenvalue weighted by Crippen LogP contribution is -2.34. The normalized spacial score (nSPS) is 20.0. The van der Waals surface area contributed by atoms with E-state index in [1.807, 2.05) is 24.3 Å². The summed E-state index contributed by atoms with van der Waals surface area (Å²) in [4.78, 5) is 14.7. The zero-order chi connectivity index (χ0) is 18.1. The number of nitrogens with one attached hydrogen (secondary N) is 1. The molecule has 1 aromatic carbocycles. The Balaban J connectivity index is 1.73. The fourth-order valence-electron chi connectivity index (χ4n) is 3.52. The van der Waals surface area contributed by atoms with Crippen molar-refractivity contribution >= 4 is 5.91 Å². The molecular formula is C20H33N3O2. The second-order valence-electron chi connectivity index (χ2n) is 6.77. The molecule has 5 nitrogen and oxygen atoms in total. The van der Waals surface area contributed by atoms with Crippen LogP contribution in [0.5, 0.6) is 5.75 Å². The number of carbonyl (C=O) groups is 1. The van der Waals surface area contributed by atoms with Crippen LogP contribution in [0.4, 0.5) is 0 Å². The largest absolute Gasteiger partial charge is 0.492 e. The van der Waals surface area contributed by atoms with Crippen LogP contribution in [0.2, 0.25) is 0 Å². The molecule has 2 rings (SSSR count). The standard InChI is InChI=1S/C20H33N3O2/c1-3-23(4-2)12-13-25-18-10-8-16(9-11-18)15-22-20(24)19-7-5-6-17(19)14-21/h8-11,17,19H,3-7,12-15,21H2,1-2H3,(H,22,24)/t17-,19-/m1/s1. The molecule has 2 atom stereocenters. The van der Waals surface area contributed by atoms with Gasteiger partial charge in [0.2, 0.25) is 5.91 Å². The van der Waals surface area contributed by atoms with Crippen molar-refractivity contribution in [3.63, 3.8) is 0 Å². The number of carbonyl (C=O) groups excluding carboxylic acids is 1. The summed E-state index contributed by atoms with van der Waals surface area (Å²) in [5.41, 5.74) is 6.85. The van der Waals surface area contributed by atoms with Crippen LogP contribution in [0.1, 0.15) is 38.7 Å². The number of nitrogens with zero attached hydrogens (tertiary/aromatic N) is 1. The zero-order valence-electron chi connectivity index (χ0n) is 15.7. The van der Waals surface area contributed by atoms with Crippen molar-refractivity contribution in [1.29, 1.82) is 0 Å². The van der Waals surface area contributed by atoms with Crippen LogP contribution < -0.4 is 15.8 Å². The summed E-state index contributed by atoms with van der Waals surface area (Å²) in [6.45, 7) is 9.22. The highest BCUT2D eigenvalue weighted by atomic mass is 16.5. The molecule has 1 saturated carbocycles. The van der Waals surface area contributed by atoms with E-state index in [2.05, 4.69) is 24.1 Å². The van der Waals surface area contributed by atoms with Gasteiger partial charge in [0.15, 0.2) is 0 Å². The number of ether oxygens (including phenoxy) is 1. The van der Waals surface area contributed by atoms with Gasteiger partial charge in [-0.2, -0.15) is 0 Å². The first-order valence-corrected chi connectivity index (χ1v) is 9.59. The topological polar surface area (TPSA) is 67.6 Å². The van der Waals surface area contributed by atoms with Crippen molar-refractivity contribution in [2.75, 3.05) is 32.8 Å². The van der Waals surface area contributed by atoms with Gasteiger partial charge in [-0.1, -0.05) is 32.4 Å². The molecule has 0 bridgehead atoms. The minimum absolute atomic E-state index is 0.0904. The summed E-state index contributed by atoms with van der Waals surface area (Å²) < 4.78 is 5.79. The summed E-state index contributed by atoms with van der Waals surface area (Å²) in [6.07, 6.45) is 3.15. The molecule has 0 heterocycles. The Morgan fingerprint density at radius 3 is 2.60 bits per heavy atom. The van der Waals surface area contributed by atoms with Crippen LogP contribution in [0.3, 0.4) is 0 Å². The number of amides is 1. The molecule has 0 aliphatic heterocycles. The highest BCUT2D eigenvalue weighted by Crippen LogP contribution is 2.31. The molecule has 1 fully saturated rings. The third-order valence-corrected chi connectivity index (χ3v) is 5.26. The molecule has 1 aliphatic rings.